The SMILES string of the molecule is NC(=O)C1CC1C(=O)c1ccc(Cl)c(Cl)c1. The van der Waals surface area contributed by atoms with Crippen molar-refractivity contribution in [2.75, 3.05) is 0 Å². The summed E-state index contributed by atoms with van der Waals surface area (Å²) in [7, 11) is 0. The van der Waals surface area contributed by atoms with Gasteiger partial charge in [-0.1, -0.05) is 23.2 Å². The molecule has 0 aromatic heterocycles. The molecule has 3 nitrogen and oxygen atoms in total. The average Bonchev–Trinajstić information content (AvgIpc) is 3.01. The quantitative estimate of drug-likeness (QED) is 0.845. The van der Waals surface area contributed by atoms with Crippen molar-refractivity contribution in [3.05, 3.63) is 33.8 Å². The Kier molecular flexibility index (Phi) is 2.91. The number of hydrogen-bond acceptors (Lipinski definition) is 2. The highest BCUT2D eigenvalue weighted by molar-refractivity contribution is 6.42. The fourth-order valence-corrected chi connectivity index (χ4v) is 1.96. The molecule has 2 N–H and O–H groups in total. The standard InChI is InChI=1S/C11H9Cl2NO2/c12-8-2-1-5(3-9(8)13)10(15)6-4-7(6)11(14)16/h1-3,6-7H,4H2,(H2,14,16). The number of primary amides is 1. The minimum atomic E-state index is -0.418. The summed E-state index contributed by atoms with van der Waals surface area (Å²) < 4.78 is 0. The lowest BCUT2D eigenvalue weighted by Gasteiger charge is -2.01. The molecule has 0 spiro atoms. The Balaban J connectivity index is 2.17. The Morgan fingerprint density at radius 1 is 1.19 bits per heavy atom. The van der Waals surface area contributed by atoms with Crippen molar-refractivity contribution < 1.29 is 9.59 Å². The molecule has 1 aliphatic rings. The molecule has 1 fully saturated rings. The number of Topliss-reactive ketones (excluding diaryl/α,β-unsaturated/α-hetero) is 1. The van der Waals surface area contributed by atoms with E-state index in [2.05, 4.69) is 0 Å². The second kappa shape index (κ2) is 4.07. The Morgan fingerprint density at radius 3 is 2.38 bits per heavy atom. The van der Waals surface area contributed by atoms with E-state index in [1.54, 1.807) is 12.1 Å². The smallest absolute Gasteiger partial charge is 0.221 e. The van der Waals surface area contributed by atoms with Crippen LogP contribution in [-0.2, 0) is 4.79 Å². The van der Waals surface area contributed by atoms with E-state index in [4.69, 9.17) is 28.9 Å². The molecule has 2 rings (SSSR count). The molecule has 1 aromatic rings. The Morgan fingerprint density at radius 2 is 1.88 bits per heavy atom. The van der Waals surface area contributed by atoms with Crippen LogP contribution in [0.1, 0.15) is 16.8 Å². The van der Waals surface area contributed by atoms with Crippen LogP contribution in [0.5, 0.6) is 0 Å². The number of amides is 1. The van der Waals surface area contributed by atoms with Crippen LogP contribution in [0.25, 0.3) is 0 Å². The third kappa shape index (κ3) is 2.06. The van der Waals surface area contributed by atoms with Gasteiger partial charge in [0.15, 0.2) is 5.78 Å². The summed E-state index contributed by atoms with van der Waals surface area (Å²) in [5, 5.41) is 0.740. The number of carbonyl (C=O) groups excluding carboxylic acids is 2. The molecule has 1 saturated carbocycles. The highest BCUT2D eigenvalue weighted by Crippen LogP contribution is 2.41. The average molecular weight is 258 g/mol. The van der Waals surface area contributed by atoms with E-state index in [9.17, 15) is 9.59 Å². The molecule has 1 aromatic carbocycles. The summed E-state index contributed by atoms with van der Waals surface area (Å²) in [5.74, 6) is -1.11. The van der Waals surface area contributed by atoms with Gasteiger partial charge in [0.05, 0.1) is 10.0 Å². The van der Waals surface area contributed by atoms with Gasteiger partial charge in [-0.2, -0.15) is 0 Å². The van der Waals surface area contributed by atoms with Crippen molar-refractivity contribution in [3.63, 3.8) is 0 Å². The van der Waals surface area contributed by atoms with E-state index >= 15 is 0 Å². The summed E-state index contributed by atoms with van der Waals surface area (Å²) in [4.78, 5) is 22.7. The van der Waals surface area contributed by atoms with Gasteiger partial charge in [0.25, 0.3) is 0 Å². The Bertz CT molecular complexity index is 473. The zero-order valence-electron chi connectivity index (χ0n) is 8.24. The molecule has 0 saturated heterocycles. The highest BCUT2D eigenvalue weighted by Gasteiger charge is 2.46. The first-order valence-corrected chi connectivity index (χ1v) is 5.55. The molecule has 1 amide bonds. The first-order chi connectivity index (χ1) is 7.50. The van der Waals surface area contributed by atoms with Crippen LogP contribution in [-0.4, -0.2) is 11.7 Å². The van der Waals surface area contributed by atoms with Crippen LogP contribution < -0.4 is 5.73 Å². The van der Waals surface area contributed by atoms with Gasteiger partial charge in [0.2, 0.25) is 5.91 Å². The van der Waals surface area contributed by atoms with Crippen molar-refractivity contribution >= 4 is 34.9 Å². The maximum Gasteiger partial charge on any atom is 0.221 e. The molecule has 0 radical (unpaired) electrons. The van der Waals surface area contributed by atoms with Gasteiger partial charge in [-0.15, -0.1) is 0 Å². The van der Waals surface area contributed by atoms with Crippen molar-refractivity contribution in [1.29, 1.82) is 0 Å². The number of nitrogens with two attached hydrogens (primary N) is 1. The summed E-state index contributed by atoms with van der Waals surface area (Å²) in [6.07, 6.45) is 0.536. The van der Waals surface area contributed by atoms with Gasteiger partial charge in [-0.25, -0.2) is 0 Å². The highest BCUT2D eigenvalue weighted by atomic mass is 35.5. The summed E-state index contributed by atoms with van der Waals surface area (Å²) in [5.41, 5.74) is 5.59. The van der Waals surface area contributed by atoms with Gasteiger partial charge in [0, 0.05) is 17.4 Å². The summed E-state index contributed by atoms with van der Waals surface area (Å²) in [6.45, 7) is 0. The van der Waals surface area contributed by atoms with Gasteiger partial charge < -0.3 is 5.73 Å². The molecule has 2 unspecified atom stereocenters. The van der Waals surface area contributed by atoms with Gasteiger partial charge in [-0.3, -0.25) is 9.59 Å². The molecular weight excluding hydrogens is 249 g/mol. The third-order valence-corrected chi connectivity index (χ3v) is 3.44. The van der Waals surface area contributed by atoms with Crippen LogP contribution in [0.15, 0.2) is 18.2 Å². The minimum Gasteiger partial charge on any atom is -0.369 e. The normalized spacial score (nSPS) is 22.9. The van der Waals surface area contributed by atoms with Crippen molar-refractivity contribution in [2.45, 2.75) is 6.42 Å². The monoisotopic (exact) mass is 257 g/mol. The van der Waals surface area contributed by atoms with Crippen molar-refractivity contribution in [2.24, 2.45) is 17.6 Å². The number of carbonyl (C=O) groups is 2. The zero-order valence-corrected chi connectivity index (χ0v) is 9.76. The first-order valence-electron chi connectivity index (χ1n) is 4.79. The van der Waals surface area contributed by atoms with Crippen LogP contribution in [0.2, 0.25) is 10.0 Å². The maximum atomic E-state index is 11.9. The molecule has 2 atom stereocenters. The van der Waals surface area contributed by atoms with Crippen molar-refractivity contribution in [3.8, 4) is 0 Å². The third-order valence-electron chi connectivity index (χ3n) is 2.70. The van der Waals surface area contributed by atoms with Crippen LogP contribution >= 0.6 is 23.2 Å². The number of hydrogen-bond donors (Lipinski definition) is 1. The predicted molar refractivity (Wildman–Crippen MR) is 61.6 cm³/mol. The fraction of sp³-hybridized carbons (Fsp3) is 0.273. The first kappa shape index (κ1) is 11.4. The number of halogens is 2. The molecule has 0 bridgehead atoms. The van der Waals surface area contributed by atoms with Crippen molar-refractivity contribution in [1.82, 2.24) is 0 Å². The topological polar surface area (TPSA) is 60.2 Å². The lowest BCUT2D eigenvalue weighted by Crippen LogP contribution is -2.16. The predicted octanol–water partition coefficient (Wildman–Crippen LogP) is 2.30. The maximum absolute atomic E-state index is 11.9. The van der Waals surface area contributed by atoms with Gasteiger partial charge in [-0.05, 0) is 24.6 Å². The van der Waals surface area contributed by atoms with E-state index in [1.165, 1.54) is 6.07 Å². The van der Waals surface area contributed by atoms with Gasteiger partial charge >= 0.3 is 0 Å². The molecule has 84 valence electrons. The lowest BCUT2D eigenvalue weighted by atomic mass is 10.1. The van der Waals surface area contributed by atoms with Gasteiger partial charge in [0.1, 0.15) is 0 Å². The second-order valence-corrected chi connectivity index (χ2v) is 4.66. The van der Waals surface area contributed by atoms with E-state index in [0.717, 1.165) is 0 Å². The van der Waals surface area contributed by atoms with Crippen LogP contribution in [0, 0.1) is 11.8 Å². The zero-order chi connectivity index (χ0) is 11.9. The molecular formula is C11H9Cl2NO2. The largest absolute Gasteiger partial charge is 0.369 e. The lowest BCUT2D eigenvalue weighted by molar-refractivity contribution is -0.119. The van der Waals surface area contributed by atoms with Crippen LogP contribution in [0.4, 0.5) is 0 Å². The Hall–Kier alpha value is -1.06. The minimum absolute atomic E-state index is 0.0950. The summed E-state index contributed by atoms with van der Waals surface area (Å²) >= 11 is 11.5. The van der Waals surface area contributed by atoms with E-state index in [0.29, 0.717) is 22.0 Å². The molecule has 0 heterocycles. The van der Waals surface area contributed by atoms with Crippen LogP contribution in [0.3, 0.4) is 0 Å². The molecule has 5 heteroatoms. The Labute approximate surface area is 103 Å². The fourth-order valence-electron chi connectivity index (χ4n) is 1.66. The van der Waals surface area contributed by atoms with E-state index in [-0.39, 0.29) is 17.6 Å². The molecule has 16 heavy (non-hydrogen) atoms. The summed E-state index contributed by atoms with van der Waals surface area (Å²) in [6, 6.07) is 4.69. The van der Waals surface area contributed by atoms with E-state index < -0.39 is 5.91 Å². The van der Waals surface area contributed by atoms with E-state index in [1.807, 2.05) is 0 Å². The number of ketones is 1. The second-order valence-electron chi connectivity index (χ2n) is 3.84. The molecule has 0 aliphatic heterocycles. The molecule has 1 aliphatic carbocycles. The number of benzene rings is 1. The number of rotatable bonds is 3.